The maximum absolute atomic E-state index is 13.7. The standard InChI is InChI=1S/C28H28BrCl3N2O3/c1-3-18(2)33-28(36)25(13-19-7-5-4-6-8-19)34(16-20-9-11-22(30)15-23(20)31)27(35)17-37-26-12-10-21(29)14-24(26)32/h4-12,14-15,18,25H,3,13,16-17H2,1-2H3,(H,33,36)/t18-,25+/m0/s1. The van der Waals surface area contributed by atoms with Crippen molar-refractivity contribution < 1.29 is 14.3 Å². The van der Waals surface area contributed by atoms with E-state index in [0.717, 1.165) is 16.5 Å². The summed E-state index contributed by atoms with van der Waals surface area (Å²) in [4.78, 5) is 28.7. The van der Waals surface area contributed by atoms with Crippen molar-refractivity contribution in [1.29, 1.82) is 0 Å². The van der Waals surface area contributed by atoms with Gasteiger partial charge in [-0.15, -0.1) is 0 Å². The maximum Gasteiger partial charge on any atom is 0.261 e. The number of ether oxygens (including phenoxy) is 1. The van der Waals surface area contributed by atoms with Gasteiger partial charge in [0.2, 0.25) is 5.91 Å². The number of carbonyl (C=O) groups is 2. The van der Waals surface area contributed by atoms with E-state index in [1.54, 1.807) is 36.4 Å². The molecule has 3 rings (SSSR count). The molecule has 0 heterocycles. The number of nitrogens with zero attached hydrogens (tertiary/aromatic N) is 1. The molecule has 0 aliphatic heterocycles. The van der Waals surface area contributed by atoms with Crippen LogP contribution in [0.2, 0.25) is 15.1 Å². The van der Waals surface area contributed by atoms with Crippen LogP contribution in [0, 0.1) is 0 Å². The molecule has 0 saturated carbocycles. The van der Waals surface area contributed by atoms with Gasteiger partial charge >= 0.3 is 0 Å². The molecule has 0 unspecified atom stereocenters. The Morgan fingerprint density at radius 1 is 1.00 bits per heavy atom. The van der Waals surface area contributed by atoms with Crippen LogP contribution >= 0.6 is 50.7 Å². The molecule has 2 atom stereocenters. The number of hydrogen-bond donors (Lipinski definition) is 1. The molecule has 196 valence electrons. The smallest absolute Gasteiger partial charge is 0.261 e. The second-order valence-electron chi connectivity index (χ2n) is 8.64. The summed E-state index contributed by atoms with van der Waals surface area (Å²) in [7, 11) is 0. The summed E-state index contributed by atoms with van der Waals surface area (Å²) in [6, 6.07) is 18.9. The second kappa shape index (κ2) is 14.1. The van der Waals surface area contributed by atoms with Gasteiger partial charge in [-0.1, -0.05) is 94.1 Å². The molecule has 0 aliphatic rings. The zero-order valence-electron chi connectivity index (χ0n) is 20.5. The minimum atomic E-state index is -0.806. The zero-order valence-corrected chi connectivity index (χ0v) is 24.4. The number of hydrogen-bond acceptors (Lipinski definition) is 3. The van der Waals surface area contributed by atoms with E-state index in [1.165, 1.54) is 4.90 Å². The first-order chi connectivity index (χ1) is 17.7. The quantitative estimate of drug-likeness (QED) is 0.242. The van der Waals surface area contributed by atoms with Gasteiger partial charge in [-0.05, 0) is 54.8 Å². The normalized spacial score (nSPS) is 12.5. The van der Waals surface area contributed by atoms with E-state index in [9.17, 15) is 9.59 Å². The summed E-state index contributed by atoms with van der Waals surface area (Å²) < 4.78 is 6.57. The third kappa shape index (κ3) is 8.64. The van der Waals surface area contributed by atoms with Crippen LogP contribution in [0.3, 0.4) is 0 Å². The third-order valence-electron chi connectivity index (χ3n) is 5.87. The highest BCUT2D eigenvalue weighted by Gasteiger charge is 2.31. The van der Waals surface area contributed by atoms with Gasteiger partial charge in [0.25, 0.3) is 5.91 Å². The van der Waals surface area contributed by atoms with Gasteiger partial charge in [0, 0.05) is 33.5 Å². The van der Waals surface area contributed by atoms with Crippen molar-refractivity contribution >= 4 is 62.5 Å². The first kappa shape index (κ1) is 29.3. The van der Waals surface area contributed by atoms with Crippen molar-refractivity contribution in [1.82, 2.24) is 10.2 Å². The first-order valence-corrected chi connectivity index (χ1v) is 13.8. The van der Waals surface area contributed by atoms with E-state index in [-0.39, 0.29) is 31.0 Å². The summed E-state index contributed by atoms with van der Waals surface area (Å²) in [5, 5.41) is 4.28. The van der Waals surface area contributed by atoms with Crippen LogP contribution in [0.1, 0.15) is 31.4 Å². The molecule has 9 heteroatoms. The second-order valence-corrected chi connectivity index (χ2v) is 10.8. The van der Waals surface area contributed by atoms with Gasteiger partial charge in [0.15, 0.2) is 6.61 Å². The Bertz CT molecular complexity index is 1230. The molecular weight excluding hydrogens is 599 g/mol. The molecule has 1 N–H and O–H groups in total. The molecule has 3 aromatic rings. The van der Waals surface area contributed by atoms with Crippen LogP contribution in [0.5, 0.6) is 5.75 Å². The van der Waals surface area contributed by atoms with E-state index in [4.69, 9.17) is 39.5 Å². The topological polar surface area (TPSA) is 58.6 Å². The van der Waals surface area contributed by atoms with Crippen LogP contribution in [-0.4, -0.2) is 35.4 Å². The lowest BCUT2D eigenvalue weighted by molar-refractivity contribution is -0.143. The minimum absolute atomic E-state index is 0.0559. The predicted molar refractivity (Wildman–Crippen MR) is 153 cm³/mol. The summed E-state index contributed by atoms with van der Waals surface area (Å²) in [5.74, 6) is -0.269. The van der Waals surface area contributed by atoms with Gasteiger partial charge in [-0.25, -0.2) is 0 Å². The van der Waals surface area contributed by atoms with E-state index in [0.29, 0.717) is 32.8 Å². The molecule has 0 bridgehead atoms. The molecule has 0 aromatic heterocycles. The fourth-order valence-electron chi connectivity index (χ4n) is 3.64. The van der Waals surface area contributed by atoms with Gasteiger partial charge in [-0.2, -0.15) is 0 Å². The van der Waals surface area contributed by atoms with Crippen LogP contribution < -0.4 is 10.1 Å². The first-order valence-electron chi connectivity index (χ1n) is 11.8. The lowest BCUT2D eigenvalue weighted by atomic mass is 10.0. The maximum atomic E-state index is 13.7. The molecule has 0 fully saturated rings. The minimum Gasteiger partial charge on any atom is -0.482 e. The largest absolute Gasteiger partial charge is 0.482 e. The average Bonchev–Trinajstić information content (AvgIpc) is 2.87. The fraction of sp³-hybridized carbons (Fsp3) is 0.286. The van der Waals surface area contributed by atoms with Crippen LogP contribution in [-0.2, 0) is 22.6 Å². The summed E-state index contributed by atoms with van der Waals surface area (Å²) in [6.45, 7) is 3.70. The average molecular weight is 627 g/mol. The Hall–Kier alpha value is -2.25. The molecule has 3 aromatic carbocycles. The Labute approximate surface area is 241 Å². The fourth-order valence-corrected chi connectivity index (χ4v) is 4.84. The third-order valence-corrected chi connectivity index (χ3v) is 7.25. The van der Waals surface area contributed by atoms with E-state index >= 15 is 0 Å². The van der Waals surface area contributed by atoms with E-state index < -0.39 is 6.04 Å². The van der Waals surface area contributed by atoms with Gasteiger partial charge in [0.05, 0.1) is 5.02 Å². The van der Waals surface area contributed by atoms with E-state index in [2.05, 4.69) is 21.2 Å². The van der Waals surface area contributed by atoms with Crippen molar-refractivity contribution in [2.45, 2.75) is 45.3 Å². The van der Waals surface area contributed by atoms with Crippen molar-refractivity contribution in [3.05, 3.63) is 97.4 Å². The molecule has 2 amide bonds. The molecule has 0 saturated heterocycles. The van der Waals surface area contributed by atoms with E-state index in [1.807, 2.05) is 44.2 Å². The zero-order chi connectivity index (χ0) is 26.9. The molecule has 5 nitrogen and oxygen atoms in total. The summed E-state index contributed by atoms with van der Waals surface area (Å²) >= 11 is 22.2. The predicted octanol–water partition coefficient (Wildman–Crippen LogP) is 7.34. The van der Waals surface area contributed by atoms with Crippen LogP contribution in [0.15, 0.2) is 71.2 Å². The molecule has 0 aliphatic carbocycles. The molecule has 37 heavy (non-hydrogen) atoms. The highest BCUT2D eigenvalue weighted by Crippen LogP contribution is 2.28. The van der Waals surface area contributed by atoms with Gasteiger partial charge in [0.1, 0.15) is 11.8 Å². The van der Waals surface area contributed by atoms with Crippen molar-refractivity contribution in [2.24, 2.45) is 0 Å². The monoisotopic (exact) mass is 624 g/mol. The van der Waals surface area contributed by atoms with Crippen LogP contribution in [0.25, 0.3) is 0 Å². The number of nitrogens with one attached hydrogen (secondary N) is 1. The van der Waals surface area contributed by atoms with Crippen LogP contribution in [0.4, 0.5) is 0 Å². The Balaban J connectivity index is 1.95. The number of amides is 2. The number of carbonyl (C=O) groups excluding carboxylic acids is 2. The SMILES string of the molecule is CC[C@H](C)NC(=O)[C@@H](Cc1ccccc1)N(Cc1ccc(Cl)cc1Cl)C(=O)COc1ccc(Br)cc1Cl. The number of benzene rings is 3. The lowest BCUT2D eigenvalue weighted by Gasteiger charge is -2.32. The number of rotatable bonds is 11. The Kier molecular flexibility index (Phi) is 11.1. The molecule has 0 spiro atoms. The van der Waals surface area contributed by atoms with Crippen molar-refractivity contribution in [3.8, 4) is 5.75 Å². The number of halogens is 4. The Morgan fingerprint density at radius 3 is 2.38 bits per heavy atom. The summed E-state index contributed by atoms with van der Waals surface area (Å²) in [6.07, 6.45) is 1.07. The van der Waals surface area contributed by atoms with Crippen molar-refractivity contribution in [3.63, 3.8) is 0 Å². The van der Waals surface area contributed by atoms with Gasteiger partial charge < -0.3 is 15.0 Å². The van der Waals surface area contributed by atoms with Gasteiger partial charge in [-0.3, -0.25) is 9.59 Å². The highest BCUT2D eigenvalue weighted by atomic mass is 79.9. The lowest BCUT2D eigenvalue weighted by Crippen LogP contribution is -2.53. The van der Waals surface area contributed by atoms with Crippen molar-refractivity contribution in [2.75, 3.05) is 6.61 Å². The highest BCUT2D eigenvalue weighted by molar-refractivity contribution is 9.10. The summed E-state index contributed by atoms with van der Waals surface area (Å²) in [5.41, 5.74) is 1.58. The Morgan fingerprint density at radius 2 is 1.73 bits per heavy atom. The molecule has 0 radical (unpaired) electrons. The molecular formula is C28H28BrCl3N2O3.